The van der Waals surface area contributed by atoms with Crippen LogP contribution in [0.25, 0.3) is 50.2 Å². The molecule has 1 aliphatic heterocycles. The van der Waals surface area contributed by atoms with Crippen LogP contribution in [0.2, 0.25) is 0 Å². The van der Waals surface area contributed by atoms with E-state index in [0.717, 1.165) is 84.0 Å². The number of phenolic OH excluding ortho intramolecular Hbond substituents is 2. The van der Waals surface area contributed by atoms with Crippen molar-refractivity contribution < 1.29 is 32.9 Å². The van der Waals surface area contributed by atoms with Crippen molar-refractivity contribution in [1.29, 1.82) is 0 Å². The van der Waals surface area contributed by atoms with E-state index >= 15 is 0 Å². The molecule has 1 saturated carbocycles. The van der Waals surface area contributed by atoms with E-state index in [9.17, 15) is 28.2 Å². The van der Waals surface area contributed by atoms with Crippen molar-refractivity contribution in [1.82, 2.24) is 0 Å². The Morgan fingerprint density at radius 3 is 1.91 bits per heavy atom. The van der Waals surface area contributed by atoms with E-state index in [2.05, 4.69) is 48.6 Å². The number of phenols is 2. The van der Waals surface area contributed by atoms with Gasteiger partial charge in [0.2, 0.25) is 0 Å². The van der Waals surface area contributed by atoms with Gasteiger partial charge in [-0.05, 0) is 184 Å². The van der Waals surface area contributed by atoms with Crippen molar-refractivity contribution in [2.24, 2.45) is 5.92 Å². The lowest BCUT2D eigenvalue weighted by molar-refractivity contribution is -0.137. The number of nitrogens with one attached hydrogen (secondary N) is 1. The van der Waals surface area contributed by atoms with Crippen LogP contribution in [0.3, 0.4) is 0 Å². The summed E-state index contributed by atoms with van der Waals surface area (Å²) < 4.78 is 50.5. The number of carbonyl (C=O) groups is 1. The Bertz CT molecular complexity index is 3390. The predicted molar refractivity (Wildman–Crippen MR) is 292 cm³/mol. The lowest BCUT2D eigenvalue weighted by Gasteiger charge is -2.38. The summed E-state index contributed by atoms with van der Waals surface area (Å²) in [5.74, 6) is 2.06. The number of carbonyl (C=O) groups excluding carboxylic acids is 1. The molecule has 0 atom stereocenters. The van der Waals surface area contributed by atoms with Crippen LogP contribution in [0.5, 0.6) is 17.2 Å². The maximum Gasteiger partial charge on any atom is 0.416 e. The maximum atomic E-state index is 14.4. The highest BCUT2D eigenvalue weighted by Gasteiger charge is 2.45. The molecule has 0 bridgehead atoms. The normalized spacial score (nSPS) is 17.3. The molecule has 1 fully saturated rings. The highest BCUT2D eigenvalue weighted by molar-refractivity contribution is 6.10. The third kappa shape index (κ3) is 8.82. The summed E-state index contributed by atoms with van der Waals surface area (Å²) in [5.41, 5.74) is 10.0. The number of unbranched alkanes of at least 4 members (excludes halogenated alkanes) is 2. The van der Waals surface area contributed by atoms with E-state index in [-0.39, 0.29) is 17.4 Å². The molecule has 1 heterocycles. The number of ether oxygens (including phenoxy) is 1. The first-order valence-corrected chi connectivity index (χ1v) is 26.1. The fourth-order valence-corrected chi connectivity index (χ4v) is 12.2. The summed E-state index contributed by atoms with van der Waals surface area (Å²) in [6, 6.07) is 46.3. The molecule has 2 aliphatic carbocycles. The molecule has 8 aromatic carbocycles. The molecule has 374 valence electrons. The first-order valence-electron chi connectivity index (χ1n) is 26.1. The standard InChI is InChI=1S/C66H60F3NO4/c1-5-6-7-8-41-9-11-42(12-10-41)43-13-15-44(16-14-43)45-17-19-47(20-18-45)63(73)70-51-28-21-46(22-29-51)56-39-57-58(37-40(56)2)62-55(61-60(57)54-34-27-50(66(67,68)69)38-59(54)64(61,3)4)35-36-65(74-62,48-23-30-52(71)31-24-48)49-25-32-53(72)33-26-49/h13-39,41-42,71-72H,5-12H2,1-4H3,(H,70,73)/t41-,42-. The van der Waals surface area contributed by atoms with Gasteiger partial charge in [-0.15, -0.1) is 0 Å². The zero-order valence-corrected chi connectivity index (χ0v) is 42.2. The lowest BCUT2D eigenvalue weighted by Crippen LogP contribution is -2.35. The number of halogens is 3. The van der Waals surface area contributed by atoms with E-state index in [1.54, 1.807) is 54.6 Å². The second-order valence-corrected chi connectivity index (χ2v) is 21.3. The van der Waals surface area contributed by atoms with Crippen LogP contribution in [0.1, 0.15) is 133 Å². The van der Waals surface area contributed by atoms with E-state index in [0.29, 0.717) is 28.5 Å². The zero-order valence-electron chi connectivity index (χ0n) is 42.2. The van der Waals surface area contributed by atoms with Crippen molar-refractivity contribution >= 4 is 28.4 Å². The van der Waals surface area contributed by atoms with E-state index in [4.69, 9.17) is 4.74 Å². The molecule has 74 heavy (non-hydrogen) atoms. The molecule has 3 aliphatic rings. The van der Waals surface area contributed by atoms with Gasteiger partial charge < -0.3 is 20.3 Å². The summed E-state index contributed by atoms with van der Waals surface area (Å²) >= 11 is 0. The van der Waals surface area contributed by atoms with Crippen LogP contribution in [-0.4, -0.2) is 16.1 Å². The van der Waals surface area contributed by atoms with Gasteiger partial charge in [0.05, 0.1) is 5.56 Å². The molecule has 0 aromatic heterocycles. The highest BCUT2D eigenvalue weighted by Crippen LogP contribution is 2.59. The number of benzene rings is 8. The van der Waals surface area contributed by atoms with Gasteiger partial charge in [0.15, 0.2) is 5.60 Å². The largest absolute Gasteiger partial charge is 0.508 e. The number of aromatic hydroxyl groups is 2. The zero-order chi connectivity index (χ0) is 51.5. The molecule has 11 rings (SSSR count). The average Bonchev–Trinajstić information content (AvgIpc) is 3.65. The fourth-order valence-electron chi connectivity index (χ4n) is 12.2. The van der Waals surface area contributed by atoms with Gasteiger partial charge in [-0.2, -0.15) is 13.2 Å². The van der Waals surface area contributed by atoms with Gasteiger partial charge in [0.1, 0.15) is 17.2 Å². The van der Waals surface area contributed by atoms with Crippen molar-refractivity contribution in [3.8, 4) is 50.6 Å². The molecule has 5 nitrogen and oxygen atoms in total. The molecule has 0 unspecified atom stereocenters. The molecule has 0 radical (unpaired) electrons. The monoisotopic (exact) mass is 987 g/mol. The number of hydrogen-bond donors (Lipinski definition) is 3. The third-order valence-corrected chi connectivity index (χ3v) is 16.3. The van der Waals surface area contributed by atoms with Crippen molar-refractivity contribution in [3.63, 3.8) is 0 Å². The van der Waals surface area contributed by atoms with Gasteiger partial charge in [0, 0.05) is 38.7 Å². The van der Waals surface area contributed by atoms with Crippen molar-refractivity contribution in [3.05, 3.63) is 208 Å². The summed E-state index contributed by atoms with van der Waals surface area (Å²) in [5, 5.41) is 25.3. The van der Waals surface area contributed by atoms with Crippen LogP contribution in [0.4, 0.5) is 18.9 Å². The molecule has 3 N–H and O–H groups in total. The quantitative estimate of drug-likeness (QED) is 0.113. The molecule has 1 amide bonds. The SMILES string of the molecule is CCCCC[C@H]1CC[C@H](c2ccc(-c3ccc(C(=O)Nc4ccc(-c5cc6c7c(c8c(c6cc5C)OC(c5ccc(O)cc5)(c5ccc(O)cc5)C=C8)C(C)(C)c5cc(C(F)(F)F)ccc5-7)cc4)cc3)cc2)CC1. The fraction of sp³-hybridized carbons (Fsp3) is 0.258. The topological polar surface area (TPSA) is 78.8 Å². The van der Waals surface area contributed by atoms with E-state index in [1.807, 2.05) is 81.5 Å². The van der Waals surface area contributed by atoms with Crippen LogP contribution in [0.15, 0.2) is 158 Å². The molecular weight excluding hydrogens is 928 g/mol. The summed E-state index contributed by atoms with van der Waals surface area (Å²) in [6.07, 6.45) is 10.0. The number of anilines is 1. The minimum absolute atomic E-state index is 0.0936. The van der Waals surface area contributed by atoms with Crippen LogP contribution < -0.4 is 10.1 Å². The van der Waals surface area contributed by atoms with E-state index < -0.39 is 22.8 Å². The first kappa shape index (κ1) is 48.7. The Labute approximate surface area is 431 Å². The summed E-state index contributed by atoms with van der Waals surface area (Å²) in [4.78, 5) is 13.6. The first-order chi connectivity index (χ1) is 35.6. The van der Waals surface area contributed by atoms with Gasteiger partial charge in [-0.3, -0.25) is 4.79 Å². The summed E-state index contributed by atoms with van der Waals surface area (Å²) in [6.45, 7) is 8.24. The second-order valence-electron chi connectivity index (χ2n) is 21.3. The Kier molecular flexibility index (Phi) is 12.5. The Hall–Kier alpha value is -7.58. The van der Waals surface area contributed by atoms with E-state index in [1.165, 1.54) is 63.0 Å². The molecule has 8 heteroatoms. The molecular formula is C66H60F3NO4. The van der Waals surface area contributed by atoms with Gasteiger partial charge in [0.25, 0.3) is 5.91 Å². The number of aryl methyl sites for hydroxylation is 1. The smallest absolute Gasteiger partial charge is 0.416 e. The second kappa shape index (κ2) is 19.0. The maximum absolute atomic E-state index is 14.4. The Morgan fingerprint density at radius 2 is 1.30 bits per heavy atom. The van der Waals surface area contributed by atoms with Gasteiger partial charge in [-0.1, -0.05) is 131 Å². The Morgan fingerprint density at radius 1 is 0.689 bits per heavy atom. The molecule has 0 spiro atoms. The lowest BCUT2D eigenvalue weighted by atomic mass is 9.76. The number of alkyl halides is 3. The Balaban J connectivity index is 0.896. The predicted octanol–water partition coefficient (Wildman–Crippen LogP) is 17.7. The number of amides is 1. The molecule has 0 saturated heterocycles. The van der Waals surface area contributed by atoms with Gasteiger partial charge in [-0.25, -0.2) is 0 Å². The minimum atomic E-state index is -4.53. The van der Waals surface area contributed by atoms with Crippen LogP contribution >= 0.6 is 0 Å². The average molecular weight is 988 g/mol. The third-order valence-electron chi connectivity index (χ3n) is 16.3. The minimum Gasteiger partial charge on any atom is -0.508 e. The van der Waals surface area contributed by atoms with Crippen LogP contribution in [0, 0.1) is 12.8 Å². The van der Waals surface area contributed by atoms with Gasteiger partial charge >= 0.3 is 6.18 Å². The molecule has 8 aromatic rings. The number of fused-ring (bicyclic) bond motifs is 8. The number of rotatable bonds is 11. The van der Waals surface area contributed by atoms with Crippen molar-refractivity contribution in [2.75, 3.05) is 5.32 Å². The highest BCUT2D eigenvalue weighted by atomic mass is 19.4. The number of hydrogen-bond acceptors (Lipinski definition) is 4. The van der Waals surface area contributed by atoms with Crippen molar-refractivity contribution in [2.45, 2.75) is 102 Å². The summed E-state index contributed by atoms with van der Waals surface area (Å²) in [7, 11) is 0. The van der Waals surface area contributed by atoms with Crippen LogP contribution in [-0.2, 0) is 17.2 Å².